The van der Waals surface area contributed by atoms with Gasteiger partial charge < -0.3 is 9.84 Å². The van der Waals surface area contributed by atoms with E-state index in [0.717, 1.165) is 38.5 Å². The zero-order valence-electron chi connectivity index (χ0n) is 10.8. The Morgan fingerprint density at radius 3 is 2.63 bits per heavy atom. The Bertz CT molecular complexity index is 380. The molecule has 1 N–H and O–H groups in total. The van der Waals surface area contributed by atoms with E-state index in [1.165, 1.54) is 0 Å². The van der Waals surface area contributed by atoms with E-state index in [2.05, 4.69) is 15.9 Å². The number of carboxylic acids is 1. The smallest absolute Gasteiger partial charge is 0.309 e. The monoisotopic (exact) mass is 330 g/mol. The highest BCUT2D eigenvalue weighted by Crippen LogP contribution is 2.37. The summed E-state index contributed by atoms with van der Waals surface area (Å²) >= 11 is 3.49. The lowest BCUT2D eigenvalue weighted by atomic mass is 9.90. The molecule has 3 aliphatic rings. The van der Waals surface area contributed by atoms with Crippen LogP contribution < -0.4 is 0 Å². The molecule has 0 radical (unpaired) electrons. The van der Waals surface area contributed by atoms with Crippen molar-refractivity contribution >= 4 is 27.9 Å². The second-order valence-electron chi connectivity index (χ2n) is 5.32. The van der Waals surface area contributed by atoms with Crippen LogP contribution in [0, 0.1) is 11.8 Å². The largest absolute Gasteiger partial charge is 0.481 e. The van der Waals surface area contributed by atoms with Gasteiger partial charge in [0.2, 0.25) is 0 Å². The molecule has 0 aromatic heterocycles. The van der Waals surface area contributed by atoms with Gasteiger partial charge in [-0.2, -0.15) is 0 Å². The average molecular weight is 331 g/mol. The summed E-state index contributed by atoms with van der Waals surface area (Å²) in [6.45, 7) is 0. The van der Waals surface area contributed by atoms with Gasteiger partial charge in [-0.3, -0.25) is 9.59 Å². The summed E-state index contributed by atoms with van der Waals surface area (Å²) in [5, 5.41) is 8.50. The van der Waals surface area contributed by atoms with Crippen molar-refractivity contribution in [3.63, 3.8) is 0 Å². The molecule has 0 unspecified atom stereocenters. The first-order valence-corrected chi connectivity index (χ1v) is 7.72. The number of ether oxygens (including phenoxy) is 1. The quantitative estimate of drug-likeness (QED) is 0.456. The summed E-state index contributed by atoms with van der Waals surface area (Å²) in [6, 6.07) is 0. The average Bonchev–Trinajstić information content (AvgIpc) is 2.73. The number of carbonyl (C=O) groups is 2. The van der Waals surface area contributed by atoms with Gasteiger partial charge in [0, 0.05) is 0 Å². The molecule has 2 bridgehead atoms. The zero-order chi connectivity index (χ0) is 13.8. The normalized spacial score (nSPS) is 36.2. The van der Waals surface area contributed by atoms with Crippen molar-refractivity contribution < 1.29 is 19.4 Å². The third-order valence-corrected chi connectivity index (χ3v) is 4.98. The van der Waals surface area contributed by atoms with Crippen LogP contribution in [0.1, 0.15) is 38.5 Å². The number of carboxylic acid groups (broad SMARTS) is 1. The van der Waals surface area contributed by atoms with E-state index in [9.17, 15) is 9.59 Å². The minimum atomic E-state index is -0.653. The SMILES string of the molecule is O=C(O)[C@H]1CC=CCC1.O=C1O[C@@H]2C[C@H]1CC[C@@H]2Br. The van der Waals surface area contributed by atoms with Gasteiger partial charge in [-0.25, -0.2) is 0 Å². The molecular formula is C14H19BrO4. The summed E-state index contributed by atoms with van der Waals surface area (Å²) in [4.78, 5) is 21.7. The van der Waals surface area contributed by atoms with Crippen molar-refractivity contribution in [3.8, 4) is 0 Å². The van der Waals surface area contributed by atoms with Crippen LogP contribution >= 0.6 is 15.9 Å². The summed E-state index contributed by atoms with van der Waals surface area (Å²) in [6.07, 6.45) is 9.65. The molecule has 0 amide bonds. The molecule has 3 rings (SSSR count). The van der Waals surface area contributed by atoms with Gasteiger partial charge >= 0.3 is 11.9 Å². The minimum absolute atomic E-state index is 0.0203. The van der Waals surface area contributed by atoms with Crippen molar-refractivity contribution in [1.29, 1.82) is 0 Å². The maximum atomic E-state index is 11.0. The van der Waals surface area contributed by atoms with Crippen LogP contribution in [0.25, 0.3) is 0 Å². The van der Waals surface area contributed by atoms with E-state index in [-0.39, 0.29) is 23.9 Å². The van der Waals surface area contributed by atoms with Crippen LogP contribution in [0.15, 0.2) is 12.2 Å². The number of alkyl halides is 1. The van der Waals surface area contributed by atoms with Crippen molar-refractivity contribution in [3.05, 3.63) is 12.2 Å². The van der Waals surface area contributed by atoms with Crippen molar-refractivity contribution in [2.75, 3.05) is 0 Å². The zero-order valence-corrected chi connectivity index (χ0v) is 12.3. The van der Waals surface area contributed by atoms with Crippen LogP contribution in [0.2, 0.25) is 0 Å². The Labute approximate surface area is 121 Å². The number of esters is 1. The van der Waals surface area contributed by atoms with Gasteiger partial charge in [-0.1, -0.05) is 28.1 Å². The molecule has 4 nitrogen and oxygen atoms in total. The van der Waals surface area contributed by atoms with Gasteiger partial charge in [0.05, 0.1) is 16.7 Å². The fourth-order valence-corrected chi connectivity index (χ4v) is 3.28. The van der Waals surface area contributed by atoms with E-state index in [1.54, 1.807) is 0 Å². The third kappa shape index (κ3) is 3.81. The van der Waals surface area contributed by atoms with E-state index >= 15 is 0 Å². The van der Waals surface area contributed by atoms with E-state index in [0.29, 0.717) is 4.83 Å². The molecule has 106 valence electrons. The Balaban J connectivity index is 0.000000141. The lowest BCUT2D eigenvalue weighted by Gasteiger charge is -2.19. The highest BCUT2D eigenvalue weighted by atomic mass is 79.9. The standard InChI is InChI=1S/C7H9BrO2.C7H10O2/c8-5-2-1-4-3-6(5)10-7(4)9;8-7(9)6-4-2-1-3-5-6/h4-6H,1-3H2;1-2,6H,3-5H2,(H,8,9)/t4-,5+,6-;6-/m10/s1. The number of rotatable bonds is 1. The van der Waals surface area contributed by atoms with Gasteiger partial charge in [-0.05, 0) is 38.5 Å². The van der Waals surface area contributed by atoms with Gasteiger partial charge in [0.15, 0.2) is 0 Å². The molecule has 0 aromatic carbocycles. The molecule has 4 atom stereocenters. The molecule has 1 saturated heterocycles. The number of allylic oxidation sites excluding steroid dienone is 2. The number of hydrogen-bond donors (Lipinski definition) is 1. The van der Waals surface area contributed by atoms with Crippen molar-refractivity contribution in [2.24, 2.45) is 11.8 Å². The van der Waals surface area contributed by atoms with Crippen LogP contribution in [-0.4, -0.2) is 28.0 Å². The van der Waals surface area contributed by atoms with Crippen molar-refractivity contribution in [1.82, 2.24) is 0 Å². The van der Waals surface area contributed by atoms with Crippen LogP contribution in [0.4, 0.5) is 0 Å². The van der Waals surface area contributed by atoms with Gasteiger partial charge in [0.1, 0.15) is 6.10 Å². The molecule has 19 heavy (non-hydrogen) atoms. The number of carbonyl (C=O) groups excluding carboxylic acids is 1. The van der Waals surface area contributed by atoms with Crippen LogP contribution in [0.3, 0.4) is 0 Å². The Hall–Kier alpha value is -0.840. The summed E-state index contributed by atoms with van der Waals surface area (Å²) in [5.74, 6) is -0.528. The molecule has 1 heterocycles. The maximum Gasteiger partial charge on any atom is 0.309 e. The Morgan fingerprint density at radius 1 is 1.32 bits per heavy atom. The third-order valence-electron chi connectivity index (χ3n) is 3.93. The second-order valence-corrected chi connectivity index (χ2v) is 6.50. The number of aliphatic carboxylic acids is 1. The highest BCUT2D eigenvalue weighted by molar-refractivity contribution is 9.09. The molecule has 2 fully saturated rings. The van der Waals surface area contributed by atoms with Crippen LogP contribution in [-0.2, 0) is 14.3 Å². The van der Waals surface area contributed by atoms with Crippen LogP contribution in [0.5, 0.6) is 0 Å². The molecule has 5 heteroatoms. The van der Waals surface area contributed by atoms with Crippen molar-refractivity contribution in [2.45, 2.75) is 49.5 Å². The molecule has 0 spiro atoms. The van der Waals surface area contributed by atoms with E-state index in [1.807, 2.05) is 12.2 Å². The van der Waals surface area contributed by atoms with E-state index < -0.39 is 5.97 Å². The minimum Gasteiger partial charge on any atom is -0.481 e. The Kier molecular flexibility index (Phi) is 5.02. The first-order chi connectivity index (χ1) is 9.08. The predicted molar refractivity (Wildman–Crippen MR) is 74.1 cm³/mol. The molecule has 1 aliphatic heterocycles. The second kappa shape index (κ2) is 6.55. The molecule has 1 saturated carbocycles. The topological polar surface area (TPSA) is 63.6 Å². The Morgan fingerprint density at radius 2 is 2.11 bits per heavy atom. The van der Waals surface area contributed by atoms with Gasteiger partial charge in [0.25, 0.3) is 0 Å². The number of fused-ring (bicyclic) bond motifs is 2. The number of hydrogen-bond acceptors (Lipinski definition) is 3. The highest BCUT2D eigenvalue weighted by Gasteiger charge is 2.42. The first-order valence-electron chi connectivity index (χ1n) is 6.80. The predicted octanol–water partition coefficient (Wildman–Crippen LogP) is 2.90. The first kappa shape index (κ1) is 14.6. The molecular weight excluding hydrogens is 312 g/mol. The number of halogens is 1. The fourth-order valence-electron chi connectivity index (χ4n) is 2.69. The summed E-state index contributed by atoms with van der Waals surface area (Å²) < 4.78 is 5.11. The fraction of sp³-hybridized carbons (Fsp3) is 0.714. The lowest BCUT2D eigenvalue weighted by Crippen LogP contribution is -2.23. The lowest BCUT2D eigenvalue weighted by molar-refractivity contribution is -0.143. The summed E-state index contributed by atoms with van der Waals surface area (Å²) in [5.41, 5.74) is 0. The van der Waals surface area contributed by atoms with Gasteiger partial charge in [-0.15, -0.1) is 0 Å². The molecule has 0 aromatic rings. The van der Waals surface area contributed by atoms with E-state index in [4.69, 9.17) is 9.84 Å². The molecule has 2 aliphatic carbocycles. The maximum absolute atomic E-state index is 11.0. The summed E-state index contributed by atoms with van der Waals surface area (Å²) in [7, 11) is 0.